The molecule has 2 rings (SSSR count). The van der Waals surface area contributed by atoms with Crippen molar-refractivity contribution in [1.29, 1.82) is 0 Å². The van der Waals surface area contributed by atoms with Crippen LogP contribution in [0.4, 0.5) is 5.69 Å². The van der Waals surface area contributed by atoms with Gasteiger partial charge in [-0.05, 0) is 42.9 Å². The van der Waals surface area contributed by atoms with Gasteiger partial charge < -0.3 is 11.1 Å². The van der Waals surface area contributed by atoms with Gasteiger partial charge in [-0.2, -0.15) is 0 Å². The lowest BCUT2D eigenvalue weighted by Crippen LogP contribution is -2.38. The first kappa shape index (κ1) is 17.7. The number of benzene rings is 1. The van der Waals surface area contributed by atoms with Crippen molar-refractivity contribution in [2.24, 2.45) is 16.6 Å². The second-order valence-electron chi connectivity index (χ2n) is 6.09. The summed E-state index contributed by atoms with van der Waals surface area (Å²) in [7, 11) is -3.18. The Labute approximate surface area is 138 Å². The normalized spacial score (nSPS) is 22.3. The van der Waals surface area contributed by atoms with Gasteiger partial charge in [0, 0.05) is 18.3 Å². The number of guanidine groups is 1. The summed E-state index contributed by atoms with van der Waals surface area (Å²) in [4.78, 5) is 4.39. The Morgan fingerprint density at radius 1 is 1.39 bits per heavy atom. The first-order valence-electron chi connectivity index (χ1n) is 8.00. The van der Waals surface area contributed by atoms with Gasteiger partial charge in [0.2, 0.25) is 10.0 Å². The van der Waals surface area contributed by atoms with Crippen LogP contribution >= 0.6 is 0 Å². The van der Waals surface area contributed by atoms with Gasteiger partial charge in [-0.15, -0.1) is 0 Å². The van der Waals surface area contributed by atoms with Crippen LogP contribution in [0.1, 0.15) is 31.7 Å². The molecule has 7 heteroatoms. The van der Waals surface area contributed by atoms with Crippen LogP contribution in [0.25, 0.3) is 0 Å². The van der Waals surface area contributed by atoms with Gasteiger partial charge in [-0.3, -0.25) is 4.99 Å². The van der Waals surface area contributed by atoms with E-state index in [0.717, 1.165) is 31.4 Å². The summed E-state index contributed by atoms with van der Waals surface area (Å²) in [6.07, 6.45) is 5.00. The highest BCUT2D eigenvalue weighted by molar-refractivity contribution is 7.88. The molecule has 128 valence electrons. The molecule has 1 aliphatic carbocycles. The lowest BCUT2D eigenvalue weighted by molar-refractivity contribution is 0.455. The molecule has 0 aliphatic heterocycles. The number of nitrogens with zero attached hydrogens (tertiary/aromatic N) is 1. The van der Waals surface area contributed by atoms with Gasteiger partial charge in [0.05, 0.1) is 6.26 Å². The molecule has 1 aromatic rings. The topological polar surface area (TPSA) is 96.6 Å². The van der Waals surface area contributed by atoms with E-state index in [-0.39, 0.29) is 12.0 Å². The molecule has 0 heterocycles. The third kappa shape index (κ3) is 5.84. The van der Waals surface area contributed by atoms with Gasteiger partial charge in [0.15, 0.2) is 5.96 Å². The number of aryl methyl sites for hydroxylation is 1. The Balaban J connectivity index is 1.93. The molecule has 1 saturated carbocycles. The van der Waals surface area contributed by atoms with E-state index in [1.165, 1.54) is 11.8 Å². The van der Waals surface area contributed by atoms with Crippen LogP contribution in [0, 0.1) is 5.92 Å². The SMILES string of the molecule is CCc1cccc(NC(N)=NCC2CCCC2NS(C)(=O)=O)c1. The maximum absolute atomic E-state index is 11.4. The predicted molar refractivity (Wildman–Crippen MR) is 95.0 cm³/mol. The Morgan fingerprint density at radius 3 is 2.87 bits per heavy atom. The number of sulfonamides is 1. The summed E-state index contributed by atoms with van der Waals surface area (Å²) in [6, 6.07) is 8.01. The van der Waals surface area contributed by atoms with E-state index in [0.29, 0.717) is 12.5 Å². The second kappa shape index (κ2) is 7.79. The summed E-state index contributed by atoms with van der Waals surface area (Å²) >= 11 is 0. The summed E-state index contributed by atoms with van der Waals surface area (Å²) < 4.78 is 25.5. The van der Waals surface area contributed by atoms with Gasteiger partial charge in [0.1, 0.15) is 0 Å². The predicted octanol–water partition coefficient (Wildman–Crippen LogP) is 1.69. The molecule has 0 radical (unpaired) electrons. The number of hydrogen-bond donors (Lipinski definition) is 3. The Bertz CT molecular complexity index is 658. The number of nitrogens with one attached hydrogen (secondary N) is 2. The van der Waals surface area contributed by atoms with E-state index >= 15 is 0 Å². The van der Waals surface area contributed by atoms with Crippen molar-refractivity contribution in [2.75, 3.05) is 18.1 Å². The maximum Gasteiger partial charge on any atom is 0.208 e. The molecule has 0 aromatic heterocycles. The van der Waals surface area contributed by atoms with Crippen molar-refractivity contribution in [2.45, 2.75) is 38.6 Å². The number of anilines is 1. The highest BCUT2D eigenvalue weighted by atomic mass is 32.2. The zero-order valence-electron chi connectivity index (χ0n) is 13.7. The fraction of sp³-hybridized carbons (Fsp3) is 0.562. The average Bonchev–Trinajstić information content (AvgIpc) is 2.90. The molecule has 2 atom stereocenters. The van der Waals surface area contributed by atoms with E-state index in [9.17, 15) is 8.42 Å². The van der Waals surface area contributed by atoms with Crippen LogP contribution < -0.4 is 15.8 Å². The van der Waals surface area contributed by atoms with Crippen LogP contribution in [0.5, 0.6) is 0 Å². The van der Waals surface area contributed by atoms with Crippen LogP contribution in [-0.2, 0) is 16.4 Å². The second-order valence-corrected chi connectivity index (χ2v) is 7.87. The number of aliphatic imine (C=N–C) groups is 1. The monoisotopic (exact) mass is 338 g/mol. The van der Waals surface area contributed by atoms with Crippen molar-refractivity contribution < 1.29 is 8.42 Å². The smallest absolute Gasteiger partial charge is 0.208 e. The molecule has 0 amide bonds. The van der Waals surface area contributed by atoms with Crippen LogP contribution in [-0.4, -0.2) is 33.2 Å². The minimum absolute atomic E-state index is 0.0371. The minimum Gasteiger partial charge on any atom is -0.370 e. The maximum atomic E-state index is 11.4. The standard InChI is InChI=1S/C16H26N4O2S/c1-3-12-6-4-8-14(10-12)19-16(17)18-11-13-7-5-9-15(13)20-23(2,21)22/h4,6,8,10,13,15,20H,3,5,7,9,11H2,1-2H3,(H3,17,18,19). The number of rotatable bonds is 6. The lowest BCUT2D eigenvalue weighted by Gasteiger charge is -2.18. The molecule has 0 spiro atoms. The average molecular weight is 338 g/mol. The first-order valence-corrected chi connectivity index (χ1v) is 9.89. The molecule has 2 unspecified atom stereocenters. The molecule has 0 saturated heterocycles. The third-order valence-electron chi connectivity index (χ3n) is 4.13. The zero-order chi connectivity index (χ0) is 16.9. The highest BCUT2D eigenvalue weighted by Crippen LogP contribution is 2.26. The number of nitrogens with two attached hydrogens (primary N) is 1. The van der Waals surface area contributed by atoms with Crippen molar-refractivity contribution in [3.63, 3.8) is 0 Å². The summed E-state index contributed by atoms with van der Waals surface area (Å²) in [6.45, 7) is 2.63. The quantitative estimate of drug-likeness (QED) is 0.543. The van der Waals surface area contributed by atoms with E-state index < -0.39 is 10.0 Å². The Morgan fingerprint density at radius 2 is 2.17 bits per heavy atom. The third-order valence-corrected chi connectivity index (χ3v) is 4.86. The number of hydrogen-bond acceptors (Lipinski definition) is 3. The van der Waals surface area contributed by atoms with E-state index in [1.807, 2.05) is 18.2 Å². The minimum atomic E-state index is -3.18. The Kier molecular flexibility index (Phi) is 6.01. The molecule has 1 fully saturated rings. The molecule has 23 heavy (non-hydrogen) atoms. The van der Waals surface area contributed by atoms with E-state index in [4.69, 9.17) is 5.73 Å². The van der Waals surface area contributed by atoms with Crippen molar-refractivity contribution in [3.05, 3.63) is 29.8 Å². The molecular weight excluding hydrogens is 312 g/mol. The van der Waals surface area contributed by atoms with E-state index in [2.05, 4.69) is 28.0 Å². The van der Waals surface area contributed by atoms with Crippen molar-refractivity contribution in [3.8, 4) is 0 Å². The fourth-order valence-electron chi connectivity index (χ4n) is 2.96. The van der Waals surface area contributed by atoms with Crippen molar-refractivity contribution >= 4 is 21.7 Å². The molecular formula is C16H26N4O2S. The van der Waals surface area contributed by atoms with Crippen molar-refractivity contribution in [1.82, 2.24) is 4.72 Å². The molecule has 1 aromatic carbocycles. The zero-order valence-corrected chi connectivity index (χ0v) is 14.6. The summed E-state index contributed by atoms with van der Waals surface area (Å²) in [5.74, 6) is 0.565. The molecule has 4 N–H and O–H groups in total. The fourth-order valence-corrected chi connectivity index (χ4v) is 3.82. The first-order chi connectivity index (χ1) is 10.9. The highest BCUT2D eigenvalue weighted by Gasteiger charge is 2.29. The van der Waals surface area contributed by atoms with Gasteiger partial charge in [-0.25, -0.2) is 13.1 Å². The van der Waals surface area contributed by atoms with Crippen LogP contribution in [0.3, 0.4) is 0 Å². The van der Waals surface area contributed by atoms with Crippen LogP contribution in [0.15, 0.2) is 29.3 Å². The Hall–Kier alpha value is -1.60. The van der Waals surface area contributed by atoms with Gasteiger partial charge in [-0.1, -0.05) is 25.5 Å². The largest absolute Gasteiger partial charge is 0.370 e. The van der Waals surface area contributed by atoms with Gasteiger partial charge >= 0.3 is 0 Å². The summed E-state index contributed by atoms with van der Waals surface area (Å²) in [5, 5.41) is 3.09. The molecule has 6 nitrogen and oxygen atoms in total. The van der Waals surface area contributed by atoms with Crippen LogP contribution in [0.2, 0.25) is 0 Å². The van der Waals surface area contributed by atoms with E-state index in [1.54, 1.807) is 0 Å². The molecule has 0 bridgehead atoms. The molecule has 1 aliphatic rings. The summed E-state index contributed by atoms with van der Waals surface area (Å²) in [5.41, 5.74) is 8.10. The lowest BCUT2D eigenvalue weighted by atomic mass is 10.1. The van der Waals surface area contributed by atoms with Gasteiger partial charge in [0.25, 0.3) is 0 Å².